The number of aliphatic carboxylic acids is 1. The standard InChI is InChI=1S/C16H17F2N3O4.C16H15F2N3O3/c1-8(2)21-14(22)7-13(20-16(21)25)19-12(6-15(23)24)9-3-4-10(17)11(18)5-9;1-7(2)21-15(23)13-12(22)6-11(19-14(13)20-16(21)24)8-3-4-9(17)10(18)5-8/h3-5,7-8,12,19H,6H2,1-2H3,(H,20,25)(H,23,24);3-5,7,11,19H,6H2,1-2H3,(H,20,24)/t12-;11-/m11/s1. The number of carbonyl (C=O) groups excluding carboxylic acids is 1. The summed E-state index contributed by atoms with van der Waals surface area (Å²) in [7, 11) is 0. The van der Waals surface area contributed by atoms with E-state index in [9.17, 15) is 46.3 Å². The predicted octanol–water partition coefficient (Wildman–Crippen LogP) is 4.16. The molecule has 2 aromatic carbocycles. The van der Waals surface area contributed by atoms with Gasteiger partial charge in [-0.15, -0.1) is 0 Å². The van der Waals surface area contributed by atoms with Crippen molar-refractivity contribution in [2.45, 2.75) is 64.7 Å². The average Bonchev–Trinajstić information content (AvgIpc) is 2.98. The summed E-state index contributed by atoms with van der Waals surface area (Å²) in [5.41, 5.74) is -2.14. The molecule has 0 bridgehead atoms. The number of carboxylic acids is 1. The molecule has 1 aliphatic heterocycles. The number of aromatic amines is 2. The van der Waals surface area contributed by atoms with E-state index < -0.39 is 82.1 Å². The number of rotatable bonds is 8. The van der Waals surface area contributed by atoms with E-state index in [1.165, 1.54) is 12.1 Å². The van der Waals surface area contributed by atoms with Crippen LogP contribution in [0.2, 0.25) is 0 Å². The van der Waals surface area contributed by atoms with Crippen molar-refractivity contribution >= 4 is 23.4 Å². The van der Waals surface area contributed by atoms with Crippen molar-refractivity contribution in [2.75, 3.05) is 10.6 Å². The molecule has 0 saturated carbocycles. The van der Waals surface area contributed by atoms with Gasteiger partial charge in [-0.05, 0) is 63.1 Å². The maximum absolute atomic E-state index is 13.4. The predicted molar refractivity (Wildman–Crippen MR) is 170 cm³/mol. The summed E-state index contributed by atoms with van der Waals surface area (Å²) in [4.78, 5) is 76.8. The van der Waals surface area contributed by atoms with Crippen LogP contribution in [-0.4, -0.2) is 36.0 Å². The Balaban J connectivity index is 0.000000221. The zero-order chi connectivity index (χ0) is 36.3. The lowest BCUT2D eigenvalue weighted by atomic mass is 9.94. The van der Waals surface area contributed by atoms with Crippen LogP contribution < -0.4 is 33.1 Å². The summed E-state index contributed by atoms with van der Waals surface area (Å²) in [5, 5.41) is 14.6. The number of carboxylic acid groups (broad SMARTS) is 1. The Bertz CT molecular complexity index is 2120. The number of aromatic nitrogens is 4. The van der Waals surface area contributed by atoms with Gasteiger partial charge in [-0.2, -0.15) is 0 Å². The minimum absolute atomic E-state index is 0.00730. The molecule has 0 unspecified atom stereocenters. The number of ketones is 1. The van der Waals surface area contributed by atoms with E-state index in [0.29, 0.717) is 5.56 Å². The van der Waals surface area contributed by atoms with Gasteiger partial charge in [0.15, 0.2) is 29.1 Å². The van der Waals surface area contributed by atoms with Gasteiger partial charge >= 0.3 is 17.3 Å². The van der Waals surface area contributed by atoms with Gasteiger partial charge in [0.05, 0.1) is 18.5 Å². The fourth-order valence-corrected chi connectivity index (χ4v) is 5.24. The first-order valence-electron chi connectivity index (χ1n) is 14.9. The molecule has 0 radical (unpaired) electrons. The molecule has 260 valence electrons. The van der Waals surface area contributed by atoms with Crippen LogP contribution in [0.4, 0.5) is 29.2 Å². The maximum Gasteiger partial charge on any atom is 0.330 e. The minimum atomic E-state index is -1.19. The number of benzene rings is 2. The van der Waals surface area contributed by atoms with Gasteiger partial charge in [0, 0.05) is 24.6 Å². The van der Waals surface area contributed by atoms with Crippen molar-refractivity contribution in [3.05, 3.63) is 124 Å². The Morgan fingerprint density at radius 2 is 1.43 bits per heavy atom. The third-order valence-electron chi connectivity index (χ3n) is 7.52. The lowest BCUT2D eigenvalue weighted by molar-refractivity contribution is -0.137. The fraction of sp³-hybridized carbons (Fsp3) is 0.312. The molecule has 0 fully saturated rings. The van der Waals surface area contributed by atoms with Crippen LogP contribution in [0.25, 0.3) is 0 Å². The van der Waals surface area contributed by atoms with Crippen LogP contribution in [0.5, 0.6) is 0 Å². The molecule has 5 rings (SSSR count). The number of H-pyrrole nitrogens is 2. The Kier molecular flexibility index (Phi) is 10.7. The summed E-state index contributed by atoms with van der Waals surface area (Å²) < 4.78 is 54.9. The summed E-state index contributed by atoms with van der Waals surface area (Å²) in [6, 6.07) is 4.98. The second kappa shape index (κ2) is 14.6. The SMILES string of the molecule is CC(C)n1c(=O)[nH]c2c(c1=O)C(=O)C[C@H](c1ccc(F)c(F)c1)N2.CC(C)n1c(=O)cc(N[C@H](CC(=O)O)c2ccc(F)c(F)c2)[nH]c1=O. The monoisotopic (exact) mass is 688 g/mol. The molecule has 0 aliphatic carbocycles. The number of hydrogen-bond acceptors (Lipinski definition) is 8. The normalized spacial score (nSPS) is 14.5. The highest BCUT2D eigenvalue weighted by Crippen LogP contribution is 2.30. The average molecular weight is 689 g/mol. The molecule has 3 heterocycles. The molecular weight excluding hydrogens is 656 g/mol. The van der Waals surface area contributed by atoms with Gasteiger partial charge in [-0.1, -0.05) is 12.1 Å². The first kappa shape index (κ1) is 36.1. The van der Waals surface area contributed by atoms with Crippen LogP contribution in [0, 0.1) is 23.3 Å². The molecule has 2 atom stereocenters. The van der Waals surface area contributed by atoms with Gasteiger partial charge < -0.3 is 15.7 Å². The maximum atomic E-state index is 13.4. The fourth-order valence-electron chi connectivity index (χ4n) is 5.24. The van der Waals surface area contributed by atoms with Crippen LogP contribution in [0.15, 0.2) is 61.6 Å². The van der Waals surface area contributed by atoms with Gasteiger partial charge in [0.25, 0.3) is 11.1 Å². The zero-order valence-electron chi connectivity index (χ0n) is 26.6. The van der Waals surface area contributed by atoms with Crippen molar-refractivity contribution in [3.63, 3.8) is 0 Å². The van der Waals surface area contributed by atoms with Gasteiger partial charge in [-0.3, -0.25) is 38.3 Å². The lowest BCUT2D eigenvalue weighted by Crippen LogP contribution is -2.42. The van der Waals surface area contributed by atoms with Gasteiger partial charge in [0.1, 0.15) is 17.2 Å². The number of hydrogen-bond donors (Lipinski definition) is 5. The molecular formula is C32H32F4N6O7. The van der Waals surface area contributed by atoms with Crippen molar-refractivity contribution in [1.29, 1.82) is 0 Å². The van der Waals surface area contributed by atoms with Crippen molar-refractivity contribution in [2.24, 2.45) is 0 Å². The van der Waals surface area contributed by atoms with E-state index in [2.05, 4.69) is 20.6 Å². The van der Waals surface area contributed by atoms with Crippen LogP contribution in [-0.2, 0) is 4.79 Å². The van der Waals surface area contributed by atoms with E-state index in [1.807, 2.05) is 0 Å². The van der Waals surface area contributed by atoms with Gasteiger partial charge in [-0.25, -0.2) is 27.2 Å². The molecule has 4 aromatic rings. The van der Waals surface area contributed by atoms with E-state index >= 15 is 0 Å². The highest BCUT2D eigenvalue weighted by molar-refractivity contribution is 6.02. The van der Waals surface area contributed by atoms with Crippen LogP contribution >= 0.6 is 0 Å². The highest BCUT2D eigenvalue weighted by Gasteiger charge is 2.31. The molecule has 49 heavy (non-hydrogen) atoms. The molecule has 2 aromatic heterocycles. The first-order valence-corrected chi connectivity index (χ1v) is 14.9. The molecule has 5 N–H and O–H groups in total. The van der Waals surface area contributed by atoms with Crippen LogP contribution in [0.1, 0.15) is 86.2 Å². The second-order valence-electron chi connectivity index (χ2n) is 11.7. The molecule has 17 heteroatoms. The third kappa shape index (κ3) is 8.05. The highest BCUT2D eigenvalue weighted by atomic mass is 19.2. The molecule has 1 aliphatic rings. The molecule has 13 nitrogen and oxygen atoms in total. The Hall–Kier alpha value is -5.74. The summed E-state index contributed by atoms with van der Waals surface area (Å²) in [5.74, 6) is -5.88. The molecule has 0 amide bonds. The number of anilines is 2. The number of nitrogens with one attached hydrogen (secondary N) is 4. The van der Waals surface area contributed by atoms with Crippen molar-refractivity contribution in [3.8, 4) is 0 Å². The Morgan fingerprint density at radius 3 is 1.98 bits per heavy atom. The topological polar surface area (TPSA) is 188 Å². The number of nitrogens with zero attached hydrogens (tertiary/aromatic N) is 2. The van der Waals surface area contributed by atoms with E-state index in [1.54, 1.807) is 27.7 Å². The molecule has 0 saturated heterocycles. The Morgan fingerprint density at radius 1 is 0.837 bits per heavy atom. The third-order valence-corrected chi connectivity index (χ3v) is 7.52. The van der Waals surface area contributed by atoms with Gasteiger partial charge in [0.2, 0.25) is 0 Å². The number of carbonyl (C=O) groups is 2. The number of fused-ring (bicyclic) bond motifs is 1. The van der Waals surface area contributed by atoms with E-state index in [0.717, 1.165) is 39.5 Å². The molecule has 0 spiro atoms. The number of Topliss-reactive ketones (excluding diaryl/α,β-unsaturated/α-hetero) is 1. The number of halogens is 4. The Labute approximate surface area is 274 Å². The first-order chi connectivity index (χ1) is 23.0. The smallest absolute Gasteiger partial charge is 0.330 e. The quantitative estimate of drug-likeness (QED) is 0.169. The van der Waals surface area contributed by atoms with Crippen LogP contribution in [0.3, 0.4) is 0 Å². The van der Waals surface area contributed by atoms with Crippen molar-refractivity contribution in [1.82, 2.24) is 19.1 Å². The summed E-state index contributed by atoms with van der Waals surface area (Å²) in [6.07, 6.45) is -0.572. The minimum Gasteiger partial charge on any atom is -0.481 e. The zero-order valence-corrected chi connectivity index (χ0v) is 26.6. The van der Waals surface area contributed by atoms with Crippen molar-refractivity contribution < 1.29 is 32.3 Å². The summed E-state index contributed by atoms with van der Waals surface area (Å²) >= 11 is 0. The lowest BCUT2D eigenvalue weighted by Gasteiger charge is -2.26. The van der Waals surface area contributed by atoms with E-state index in [-0.39, 0.29) is 35.2 Å². The van der Waals surface area contributed by atoms with E-state index in [4.69, 9.17) is 5.11 Å². The summed E-state index contributed by atoms with van der Waals surface area (Å²) in [6.45, 7) is 6.65. The largest absolute Gasteiger partial charge is 0.481 e. The second-order valence-corrected chi connectivity index (χ2v) is 11.7.